The molecule has 2 aromatic carbocycles. The maximum Gasteiger partial charge on any atom is 0.305 e. The highest BCUT2D eigenvalue weighted by Crippen LogP contribution is 2.31. The molecule has 0 spiro atoms. The number of aromatic nitrogens is 3. The quantitative estimate of drug-likeness (QED) is 0.259. The van der Waals surface area contributed by atoms with Crippen LogP contribution < -0.4 is 5.56 Å². The Morgan fingerprint density at radius 1 is 1.00 bits per heavy atom. The van der Waals surface area contributed by atoms with E-state index in [2.05, 4.69) is 4.98 Å². The maximum absolute atomic E-state index is 15.1. The van der Waals surface area contributed by atoms with Crippen LogP contribution in [0.5, 0.6) is 0 Å². The van der Waals surface area contributed by atoms with E-state index in [-0.39, 0.29) is 41.3 Å². The van der Waals surface area contributed by atoms with Crippen molar-refractivity contribution in [1.82, 2.24) is 14.1 Å². The Morgan fingerprint density at radius 3 is 2.43 bits per heavy atom. The van der Waals surface area contributed by atoms with Gasteiger partial charge in [-0.3, -0.25) is 19.5 Å². The van der Waals surface area contributed by atoms with Gasteiger partial charge in [0.1, 0.15) is 23.1 Å². The molecule has 0 radical (unpaired) electrons. The molecular formula is C24H15F3N4O4. The Labute approximate surface area is 195 Å². The normalized spacial score (nSPS) is 11.3. The first kappa shape index (κ1) is 22.1. The number of imidazole rings is 1. The molecule has 0 fully saturated rings. The topological polar surface area (TPSA) is 96.1 Å². The summed E-state index contributed by atoms with van der Waals surface area (Å²) in [5.74, 6) is -2.16. The molecule has 0 atom stereocenters. The van der Waals surface area contributed by atoms with E-state index in [1.807, 2.05) is 0 Å². The zero-order valence-electron chi connectivity index (χ0n) is 17.8. The second kappa shape index (κ2) is 8.60. The van der Waals surface area contributed by atoms with E-state index < -0.39 is 33.6 Å². The van der Waals surface area contributed by atoms with Crippen molar-refractivity contribution >= 4 is 5.69 Å². The number of fused-ring (bicyclic) bond motifs is 1. The first-order chi connectivity index (χ1) is 16.8. The van der Waals surface area contributed by atoms with Crippen LogP contribution in [0.15, 0.2) is 76.4 Å². The summed E-state index contributed by atoms with van der Waals surface area (Å²) in [5.41, 5.74) is -1.69. The van der Waals surface area contributed by atoms with Gasteiger partial charge in [0.05, 0.1) is 29.8 Å². The van der Waals surface area contributed by atoms with Crippen LogP contribution in [0.1, 0.15) is 17.0 Å². The Morgan fingerprint density at radius 2 is 1.74 bits per heavy atom. The Balaban J connectivity index is 1.73. The molecule has 0 saturated carbocycles. The largest absolute Gasteiger partial charge is 0.469 e. The van der Waals surface area contributed by atoms with Crippen molar-refractivity contribution in [2.45, 2.75) is 13.0 Å². The SMILES string of the molecule is O=c1c(Cc2ccco2)nc2cn(Cc3c(F)cccc3F)c(-c3cccc([N+](=O)[O-])c3F)cn1-2. The van der Waals surface area contributed by atoms with Gasteiger partial charge >= 0.3 is 5.69 Å². The fraction of sp³-hybridized carbons (Fsp3) is 0.0833. The van der Waals surface area contributed by atoms with Crippen molar-refractivity contribution in [3.63, 3.8) is 0 Å². The van der Waals surface area contributed by atoms with Gasteiger partial charge in [-0.2, -0.15) is 4.39 Å². The third-order valence-electron chi connectivity index (χ3n) is 5.56. The average Bonchev–Trinajstić information content (AvgIpc) is 3.44. The number of nitrogens with zero attached hydrogens (tertiary/aromatic N) is 4. The van der Waals surface area contributed by atoms with E-state index in [1.165, 1.54) is 41.4 Å². The molecule has 0 amide bonds. The van der Waals surface area contributed by atoms with Crippen LogP contribution in [0.2, 0.25) is 0 Å². The summed E-state index contributed by atoms with van der Waals surface area (Å²) >= 11 is 0. The minimum Gasteiger partial charge on any atom is -0.469 e. The number of nitro groups is 1. The fourth-order valence-electron chi connectivity index (χ4n) is 3.87. The number of halogens is 3. The molecule has 2 aliphatic heterocycles. The molecule has 2 aliphatic rings. The Bertz CT molecular complexity index is 1570. The van der Waals surface area contributed by atoms with Gasteiger partial charge < -0.3 is 8.98 Å². The van der Waals surface area contributed by atoms with Crippen LogP contribution in [-0.2, 0) is 13.0 Å². The fourth-order valence-corrected chi connectivity index (χ4v) is 3.87. The molecule has 1 aromatic heterocycles. The Kier molecular flexibility index (Phi) is 5.44. The van der Waals surface area contributed by atoms with E-state index in [0.717, 1.165) is 22.8 Å². The lowest BCUT2D eigenvalue weighted by Gasteiger charge is -2.18. The summed E-state index contributed by atoms with van der Waals surface area (Å²) in [4.78, 5) is 27.7. The molecule has 3 aromatic rings. The predicted molar refractivity (Wildman–Crippen MR) is 118 cm³/mol. The van der Waals surface area contributed by atoms with Gasteiger partial charge in [0.25, 0.3) is 5.56 Å². The van der Waals surface area contributed by atoms with Gasteiger partial charge in [0.2, 0.25) is 5.82 Å². The van der Waals surface area contributed by atoms with Crippen LogP contribution in [0.25, 0.3) is 17.1 Å². The molecule has 5 rings (SSSR count). The molecule has 11 heteroatoms. The molecule has 0 saturated heterocycles. The van der Waals surface area contributed by atoms with Gasteiger partial charge in [-0.1, -0.05) is 12.1 Å². The minimum atomic E-state index is -1.15. The molecular weight excluding hydrogens is 465 g/mol. The molecule has 0 aliphatic carbocycles. The second-order valence-electron chi connectivity index (χ2n) is 7.72. The third-order valence-corrected chi connectivity index (χ3v) is 5.56. The summed E-state index contributed by atoms with van der Waals surface area (Å²) in [6.45, 7) is -0.388. The Hall–Kier alpha value is -4.67. The van der Waals surface area contributed by atoms with Crippen molar-refractivity contribution in [3.05, 3.63) is 122 Å². The van der Waals surface area contributed by atoms with E-state index in [1.54, 1.807) is 12.1 Å². The molecule has 8 nitrogen and oxygen atoms in total. The monoisotopic (exact) mass is 480 g/mol. The first-order valence-electron chi connectivity index (χ1n) is 10.3. The van der Waals surface area contributed by atoms with Gasteiger partial charge in [-0.05, 0) is 30.3 Å². The van der Waals surface area contributed by atoms with E-state index in [9.17, 15) is 23.7 Å². The molecule has 3 heterocycles. The van der Waals surface area contributed by atoms with Crippen molar-refractivity contribution in [3.8, 4) is 17.1 Å². The van der Waals surface area contributed by atoms with E-state index >= 15 is 4.39 Å². The highest BCUT2D eigenvalue weighted by molar-refractivity contribution is 5.64. The van der Waals surface area contributed by atoms with Gasteiger partial charge in [0.15, 0.2) is 5.82 Å². The van der Waals surface area contributed by atoms with Gasteiger partial charge in [0, 0.05) is 29.6 Å². The van der Waals surface area contributed by atoms with Crippen LogP contribution in [0.4, 0.5) is 18.9 Å². The highest BCUT2D eigenvalue weighted by atomic mass is 19.1. The third kappa shape index (κ3) is 3.97. The van der Waals surface area contributed by atoms with Crippen LogP contribution in [-0.4, -0.2) is 19.0 Å². The average molecular weight is 480 g/mol. The first-order valence-corrected chi connectivity index (χ1v) is 10.3. The minimum absolute atomic E-state index is 0.0135. The molecule has 176 valence electrons. The zero-order valence-corrected chi connectivity index (χ0v) is 17.8. The number of benzene rings is 2. The van der Waals surface area contributed by atoms with Crippen molar-refractivity contribution < 1.29 is 22.5 Å². The molecule has 0 bridgehead atoms. The zero-order chi connectivity index (χ0) is 24.7. The smallest absolute Gasteiger partial charge is 0.305 e. The number of furan rings is 1. The summed E-state index contributed by atoms with van der Waals surface area (Å²) in [6, 6.07) is 10.3. The number of hydrogen-bond donors (Lipinski definition) is 0. The maximum atomic E-state index is 15.1. The molecule has 0 N–H and O–H groups in total. The van der Waals surface area contributed by atoms with Crippen LogP contribution in [0.3, 0.4) is 0 Å². The van der Waals surface area contributed by atoms with Gasteiger partial charge in [-0.15, -0.1) is 0 Å². The van der Waals surface area contributed by atoms with Crippen LogP contribution in [0, 0.1) is 27.6 Å². The summed E-state index contributed by atoms with van der Waals surface area (Å²) in [7, 11) is 0. The van der Waals surface area contributed by atoms with Crippen molar-refractivity contribution in [1.29, 1.82) is 0 Å². The second-order valence-corrected chi connectivity index (χ2v) is 7.72. The highest BCUT2D eigenvalue weighted by Gasteiger charge is 2.24. The standard InChI is InChI=1S/C24H15F3N4O4/c25-17-6-2-7-18(26)16(17)11-29-13-22-28-19(10-14-4-3-9-35-14)24(32)30(22)12-21(29)15-5-1-8-20(23(15)27)31(33)34/h1-9,12-13H,10-11H2. The summed E-state index contributed by atoms with van der Waals surface area (Å²) in [5, 5.41) is 11.3. The van der Waals surface area contributed by atoms with E-state index in [4.69, 9.17) is 4.42 Å². The lowest BCUT2D eigenvalue weighted by molar-refractivity contribution is -0.387. The molecule has 0 unspecified atom stereocenters. The van der Waals surface area contributed by atoms with Gasteiger partial charge in [-0.25, -0.2) is 13.8 Å². The summed E-state index contributed by atoms with van der Waals surface area (Å²) in [6.07, 6.45) is 4.13. The predicted octanol–water partition coefficient (Wildman–Crippen LogP) is 4.70. The number of rotatable bonds is 6. The number of nitro benzene ring substituents is 1. The van der Waals surface area contributed by atoms with Crippen molar-refractivity contribution in [2.24, 2.45) is 0 Å². The number of hydrogen-bond acceptors (Lipinski definition) is 5. The van der Waals surface area contributed by atoms with Crippen molar-refractivity contribution in [2.75, 3.05) is 0 Å². The van der Waals surface area contributed by atoms with Crippen LogP contribution >= 0.6 is 0 Å². The lowest BCUT2D eigenvalue weighted by atomic mass is 10.1. The van der Waals surface area contributed by atoms with E-state index in [0.29, 0.717) is 5.76 Å². The lowest BCUT2D eigenvalue weighted by Crippen LogP contribution is -2.19. The molecule has 35 heavy (non-hydrogen) atoms. The summed E-state index contributed by atoms with van der Waals surface area (Å²) < 4.78 is 51.7.